The van der Waals surface area contributed by atoms with Gasteiger partial charge in [0, 0.05) is 29.6 Å². The predicted octanol–water partition coefficient (Wildman–Crippen LogP) is 5.48. The van der Waals surface area contributed by atoms with Gasteiger partial charge in [-0.05, 0) is 51.2 Å². The maximum absolute atomic E-state index is 13.6. The summed E-state index contributed by atoms with van der Waals surface area (Å²) in [6.45, 7) is 10.4. The van der Waals surface area contributed by atoms with Crippen LogP contribution >= 0.6 is 0 Å². The third kappa shape index (κ3) is 4.20. The SMILES string of the molecule is CCOC(=O)c1cc(C)n2c(CC3CCC(F)(F)CC3)c(C(C)(C)C)nc2c1. The van der Waals surface area contributed by atoms with Crippen LogP contribution in [0.15, 0.2) is 12.1 Å². The molecule has 0 N–H and O–H groups in total. The van der Waals surface area contributed by atoms with E-state index in [0.717, 1.165) is 23.5 Å². The zero-order valence-corrected chi connectivity index (χ0v) is 17.4. The van der Waals surface area contributed by atoms with Crippen molar-refractivity contribution in [3.63, 3.8) is 0 Å². The number of ether oxygens (including phenoxy) is 1. The maximum Gasteiger partial charge on any atom is 0.338 e. The minimum absolute atomic E-state index is 0.0365. The van der Waals surface area contributed by atoms with Gasteiger partial charge in [-0.2, -0.15) is 0 Å². The predicted molar refractivity (Wildman–Crippen MR) is 105 cm³/mol. The Labute approximate surface area is 165 Å². The number of hydrogen-bond donors (Lipinski definition) is 0. The van der Waals surface area contributed by atoms with E-state index in [-0.39, 0.29) is 30.1 Å². The highest BCUT2D eigenvalue weighted by Crippen LogP contribution is 2.39. The summed E-state index contributed by atoms with van der Waals surface area (Å²) in [5.41, 5.74) is 3.96. The van der Waals surface area contributed by atoms with Gasteiger partial charge in [-0.15, -0.1) is 0 Å². The number of rotatable bonds is 4. The fraction of sp³-hybridized carbons (Fsp3) is 0.636. The number of esters is 1. The lowest BCUT2D eigenvalue weighted by atomic mass is 9.81. The number of hydrogen-bond acceptors (Lipinski definition) is 3. The van der Waals surface area contributed by atoms with Crippen molar-refractivity contribution in [2.75, 3.05) is 6.61 Å². The van der Waals surface area contributed by atoms with Gasteiger partial charge in [0.2, 0.25) is 5.92 Å². The number of alkyl halides is 2. The Bertz CT molecular complexity index is 871. The molecule has 0 unspecified atom stereocenters. The standard InChI is InChI=1S/C22H30F2N2O2/c1-6-28-20(27)16-11-14(2)26-17(12-15-7-9-22(23,24)10-8-15)19(21(3,4)5)25-18(26)13-16/h11,13,15H,6-10,12H2,1-5H3. The summed E-state index contributed by atoms with van der Waals surface area (Å²) in [5, 5.41) is 0. The molecule has 2 aromatic heterocycles. The Balaban J connectivity index is 2.03. The van der Waals surface area contributed by atoms with Crippen molar-refractivity contribution in [1.82, 2.24) is 9.38 Å². The Morgan fingerprint density at radius 3 is 2.50 bits per heavy atom. The van der Waals surface area contributed by atoms with E-state index in [0.29, 0.717) is 30.7 Å². The number of carbonyl (C=O) groups excluding carboxylic acids is 1. The van der Waals surface area contributed by atoms with Gasteiger partial charge < -0.3 is 9.14 Å². The van der Waals surface area contributed by atoms with Crippen LogP contribution in [-0.2, 0) is 16.6 Å². The first-order valence-electron chi connectivity index (χ1n) is 10.1. The summed E-state index contributed by atoms with van der Waals surface area (Å²) in [6, 6.07) is 3.58. The largest absolute Gasteiger partial charge is 0.462 e. The van der Waals surface area contributed by atoms with Crippen molar-refractivity contribution in [3.05, 3.63) is 34.8 Å². The molecule has 0 bridgehead atoms. The second-order valence-electron chi connectivity index (χ2n) is 8.96. The van der Waals surface area contributed by atoms with E-state index in [1.165, 1.54) is 0 Å². The molecule has 0 saturated heterocycles. The summed E-state index contributed by atoms with van der Waals surface area (Å²) < 4.78 is 34.3. The number of aromatic nitrogens is 2. The van der Waals surface area contributed by atoms with Crippen molar-refractivity contribution in [3.8, 4) is 0 Å². The van der Waals surface area contributed by atoms with Crippen LogP contribution in [-0.4, -0.2) is 27.9 Å². The first-order valence-corrected chi connectivity index (χ1v) is 10.1. The molecule has 0 spiro atoms. The molecule has 0 radical (unpaired) electrons. The summed E-state index contributed by atoms with van der Waals surface area (Å²) in [5.74, 6) is -2.65. The number of aryl methyl sites for hydroxylation is 1. The monoisotopic (exact) mass is 392 g/mol. The molecule has 0 amide bonds. The first kappa shape index (κ1) is 20.7. The molecule has 0 atom stereocenters. The molecule has 0 aliphatic heterocycles. The molecule has 1 saturated carbocycles. The molecule has 1 aliphatic rings. The Morgan fingerprint density at radius 2 is 1.93 bits per heavy atom. The number of carbonyl (C=O) groups is 1. The fourth-order valence-corrected chi connectivity index (χ4v) is 4.13. The van der Waals surface area contributed by atoms with Crippen molar-refractivity contribution < 1.29 is 18.3 Å². The van der Waals surface area contributed by atoms with E-state index >= 15 is 0 Å². The van der Waals surface area contributed by atoms with Gasteiger partial charge in [-0.1, -0.05) is 20.8 Å². The lowest BCUT2D eigenvalue weighted by Crippen LogP contribution is -2.26. The van der Waals surface area contributed by atoms with Crippen LogP contribution in [0.25, 0.3) is 5.65 Å². The molecular formula is C22H30F2N2O2. The summed E-state index contributed by atoms with van der Waals surface area (Å²) in [4.78, 5) is 17.0. The number of nitrogens with zero attached hydrogens (tertiary/aromatic N) is 2. The molecule has 3 rings (SSSR count). The fourth-order valence-electron chi connectivity index (χ4n) is 4.13. The lowest BCUT2D eigenvalue weighted by molar-refractivity contribution is -0.0457. The van der Waals surface area contributed by atoms with Crippen molar-refractivity contribution in [2.45, 2.75) is 78.1 Å². The van der Waals surface area contributed by atoms with E-state index in [9.17, 15) is 13.6 Å². The van der Waals surface area contributed by atoms with E-state index in [1.54, 1.807) is 13.0 Å². The van der Waals surface area contributed by atoms with Gasteiger partial charge in [-0.3, -0.25) is 0 Å². The highest BCUT2D eigenvalue weighted by atomic mass is 19.3. The second kappa shape index (κ2) is 7.45. The molecule has 28 heavy (non-hydrogen) atoms. The summed E-state index contributed by atoms with van der Waals surface area (Å²) in [7, 11) is 0. The van der Waals surface area contributed by atoms with E-state index < -0.39 is 5.92 Å². The van der Waals surface area contributed by atoms with Crippen LogP contribution < -0.4 is 0 Å². The van der Waals surface area contributed by atoms with Crippen LogP contribution in [0.5, 0.6) is 0 Å². The first-order chi connectivity index (χ1) is 13.0. The minimum atomic E-state index is -2.52. The molecule has 4 nitrogen and oxygen atoms in total. The Morgan fingerprint density at radius 1 is 1.29 bits per heavy atom. The normalized spacial score (nSPS) is 17.8. The third-order valence-electron chi connectivity index (χ3n) is 5.54. The molecule has 1 aliphatic carbocycles. The average Bonchev–Trinajstić information content (AvgIpc) is 2.96. The van der Waals surface area contributed by atoms with Crippen LogP contribution in [0, 0.1) is 12.8 Å². The average molecular weight is 392 g/mol. The lowest BCUT2D eigenvalue weighted by Gasteiger charge is -2.29. The molecule has 6 heteroatoms. The Kier molecular flexibility index (Phi) is 5.52. The van der Waals surface area contributed by atoms with E-state index in [4.69, 9.17) is 9.72 Å². The molecular weight excluding hydrogens is 362 g/mol. The molecule has 154 valence electrons. The molecule has 2 aromatic rings. The second-order valence-corrected chi connectivity index (χ2v) is 8.96. The number of fused-ring (bicyclic) bond motifs is 1. The van der Waals surface area contributed by atoms with Gasteiger partial charge in [-0.25, -0.2) is 18.6 Å². The third-order valence-corrected chi connectivity index (χ3v) is 5.54. The molecule has 2 heterocycles. The zero-order valence-electron chi connectivity index (χ0n) is 17.4. The van der Waals surface area contributed by atoms with Crippen molar-refractivity contribution in [1.29, 1.82) is 0 Å². The molecule has 1 fully saturated rings. The summed E-state index contributed by atoms with van der Waals surface area (Å²) in [6.07, 6.45) is 1.72. The van der Waals surface area contributed by atoms with Gasteiger partial charge in [0.15, 0.2) is 0 Å². The number of pyridine rings is 1. The zero-order chi connectivity index (χ0) is 20.7. The smallest absolute Gasteiger partial charge is 0.338 e. The maximum atomic E-state index is 13.6. The number of halogens is 2. The highest BCUT2D eigenvalue weighted by Gasteiger charge is 2.36. The molecule has 0 aromatic carbocycles. The van der Waals surface area contributed by atoms with E-state index in [2.05, 4.69) is 25.2 Å². The quantitative estimate of drug-likeness (QED) is 0.647. The van der Waals surface area contributed by atoms with Crippen LogP contribution in [0.4, 0.5) is 8.78 Å². The number of imidazole rings is 1. The van der Waals surface area contributed by atoms with Crippen LogP contribution in [0.3, 0.4) is 0 Å². The van der Waals surface area contributed by atoms with Gasteiger partial charge in [0.25, 0.3) is 0 Å². The minimum Gasteiger partial charge on any atom is -0.462 e. The topological polar surface area (TPSA) is 43.6 Å². The Hall–Kier alpha value is -1.98. The van der Waals surface area contributed by atoms with Gasteiger partial charge >= 0.3 is 5.97 Å². The van der Waals surface area contributed by atoms with Crippen LogP contribution in [0.1, 0.15) is 80.8 Å². The van der Waals surface area contributed by atoms with Crippen molar-refractivity contribution in [2.24, 2.45) is 5.92 Å². The van der Waals surface area contributed by atoms with Gasteiger partial charge in [0.05, 0.1) is 17.9 Å². The van der Waals surface area contributed by atoms with Crippen LogP contribution in [0.2, 0.25) is 0 Å². The summed E-state index contributed by atoms with van der Waals surface area (Å²) >= 11 is 0. The highest BCUT2D eigenvalue weighted by molar-refractivity contribution is 5.90. The van der Waals surface area contributed by atoms with Gasteiger partial charge in [0.1, 0.15) is 5.65 Å². The van der Waals surface area contributed by atoms with Crippen molar-refractivity contribution >= 4 is 11.6 Å². The van der Waals surface area contributed by atoms with E-state index in [1.807, 2.05) is 13.0 Å².